The summed E-state index contributed by atoms with van der Waals surface area (Å²) in [4.78, 5) is 8.51. The standard InChI is InChI=1S/C23H27F3N6O/c1-23(2)8-12(9-23)20-18(33-3)7-19-28-11-17(32(19)31-20)21-14(25)6-15(26)22(30-21)29-16-10-27-5-4-13(16)24/h6-7,11-13,16,27H,4-5,8-10H2,1-3H3,(H,29,30). The average Bonchev–Trinajstić information content (AvgIpc) is 3.17. The molecule has 0 amide bonds. The van der Waals surface area contributed by atoms with Crippen LogP contribution in [0.25, 0.3) is 17.0 Å². The molecule has 1 aliphatic carbocycles. The molecule has 2 N–H and O–H groups in total. The van der Waals surface area contributed by atoms with E-state index in [0.29, 0.717) is 30.9 Å². The lowest BCUT2D eigenvalue weighted by atomic mass is 9.63. The molecule has 0 aromatic carbocycles. The Morgan fingerprint density at radius 1 is 1.21 bits per heavy atom. The zero-order valence-corrected chi connectivity index (χ0v) is 18.8. The Kier molecular flexibility index (Phi) is 5.43. The molecule has 1 saturated heterocycles. The molecule has 3 aromatic heterocycles. The number of piperidine rings is 1. The van der Waals surface area contributed by atoms with Crippen LogP contribution >= 0.6 is 0 Å². The summed E-state index contributed by atoms with van der Waals surface area (Å²) < 4.78 is 50.7. The number of nitrogens with zero attached hydrogens (tertiary/aromatic N) is 4. The largest absolute Gasteiger partial charge is 0.495 e. The van der Waals surface area contributed by atoms with Crippen molar-refractivity contribution in [1.82, 2.24) is 24.9 Å². The molecule has 2 atom stereocenters. The second-order valence-corrected chi connectivity index (χ2v) is 9.69. The number of fused-ring (bicyclic) bond motifs is 1. The van der Waals surface area contributed by atoms with Crippen LogP contribution in [0.5, 0.6) is 5.75 Å². The summed E-state index contributed by atoms with van der Waals surface area (Å²) in [5, 5.41) is 10.6. The van der Waals surface area contributed by atoms with E-state index in [4.69, 9.17) is 9.84 Å². The highest BCUT2D eigenvalue weighted by atomic mass is 19.1. The predicted molar refractivity (Wildman–Crippen MR) is 118 cm³/mol. The van der Waals surface area contributed by atoms with Crippen LogP contribution in [-0.2, 0) is 0 Å². The van der Waals surface area contributed by atoms with Gasteiger partial charge in [0, 0.05) is 24.6 Å². The van der Waals surface area contributed by atoms with Gasteiger partial charge in [0.2, 0.25) is 0 Å². The van der Waals surface area contributed by atoms with E-state index in [1.807, 2.05) is 0 Å². The lowest BCUT2D eigenvalue weighted by molar-refractivity contribution is 0.145. The first-order valence-corrected chi connectivity index (χ1v) is 11.2. The van der Waals surface area contributed by atoms with E-state index in [1.54, 1.807) is 13.2 Å². The van der Waals surface area contributed by atoms with E-state index >= 15 is 0 Å². The highest BCUT2D eigenvalue weighted by Crippen LogP contribution is 2.51. The van der Waals surface area contributed by atoms with Crippen molar-refractivity contribution >= 4 is 11.5 Å². The van der Waals surface area contributed by atoms with Crippen LogP contribution in [0, 0.1) is 17.0 Å². The molecule has 0 bridgehead atoms. The summed E-state index contributed by atoms with van der Waals surface area (Å²) in [7, 11) is 1.59. The van der Waals surface area contributed by atoms with Crippen LogP contribution in [0.1, 0.15) is 44.7 Å². The third kappa shape index (κ3) is 4.01. The van der Waals surface area contributed by atoms with Crippen molar-refractivity contribution in [2.75, 3.05) is 25.5 Å². The number of imidazole rings is 1. The smallest absolute Gasteiger partial charge is 0.168 e. The topological polar surface area (TPSA) is 76.4 Å². The Morgan fingerprint density at radius 2 is 2.00 bits per heavy atom. The second-order valence-electron chi connectivity index (χ2n) is 9.69. The highest BCUT2D eigenvalue weighted by Gasteiger charge is 2.39. The summed E-state index contributed by atoms with van der Waals surface area (Å²) in [6.07, 6.45) is 2.53. The van der Waals surface area contributed by atoms with E-state index < -0.39 is 23.8 Å². The zero-order chi connectivity index (χ0) is 23.3. The molecule has 33 heavy (non-hydrogen) atoms. The molecule has 176 valence electrons. The van der Waals surface area contributed by atoms with Crippen LogP contribution in [0.2, 0.25) is 0 Å². The monoisotopic (exact) mass is 460 g/mol. The van der Waals surface area contributed by atoms with Gasteiger partial charge >= 0.3 is 0 Å². The van der Waals surface area contributed by atoms with Gasteiger partial charge in [-0.05, 0) is 31.2 Å². The van der Waals surface area contributed by atoms with Crippen LogP contribution in [0.15, 0.2) is 18.3 Å². The molecule has 2 unspecified atom stereocenters. The average molecular weight is 461 g/mol. The molecule has 3 aromatic rings. The number of ether oxygens (including phenoxy) is 1. The summed E-state index contributed by atoms with van der Waals surface area (Å²) in [6, 6.07) is 1.86. The minimum atomic E-state index is -1.15. The number of methoxy groups -OCH3 is 1. The number of hydrogen-bond acceptors (Lipinski definition) is 6. The maximum atomic E-state index is 14.9. The van der Waals surface area contributed by atoms with Gasteiger partial charge in [-0.1, -0.05) is 13.8 Å². The summed E-state index contributed by atoms with van der Waals surface area (Å²) >= 11 is 0. The molecule has 0 spiro atoms. The van der Waals surface area contributed by atoms with Crippen LogP contribution in [0.4, 0.5) is 19.0 Å². The number of hydrogen-bond donors (Lipinski definition) is 2. The molecule has 4 heterocycles. The fourth-order valence-corrected chi connectivity index (χ4v) is 4.88. The first kappa shape index (κ1) is 21.9. The zero-order valence-electron chi connectivity index (χ0n) is 18.8. The lowest BCUT2D eigenvalue weighted by Crippen LogP contribution is -2.46. The fraction of sp³-hybridized carbons (Fsp3) is 0.522. The van der Waals surface area contributed by atoms with Gasteiger partial charge in [-0.3, -0.25) is 0 Å². The van der Waals surface area contributed by atoms with Crippen LogP contribution in [-0.4, -0.2) is 52.0 Å². The molecule has 1 saturated carbocycles. The van der Waals surface area contributed by atoms with Crippen molar-refractivity contribution in [1.29, 1.82) is 0 Å². The molecule has 2 aliphatic rings. The van der Waals surface area contributed by atoms with Gasteiger partial charge in [-0.25, -0.2) is 27.7 Å². The Hall–Kier alpha value is -2.88. The molecule has 7 nitrogen and oxygen atoms in total. The lowest BCUT2D eigenvalue weighted by Gasteiger charge is -2.42. The number of anilines is 1. The first-order chi connectivity index (χ1) is 15.8. The van der Waals surface area contributed by atoms with Crippen molar-refractivity contribution in [3.05, 3.63) is 35.7 Å². The van der Waals surface area contributed by atoms with E-state index in [0.717, 1.165) is 24.6 Å². The predicted octanol–water partition coefficient (Wildman–Crippen LogP) is 4.09. The highest BCUT2D eigenvalue weighted by molar-refractivity contribution is 5.63. The third-order valence-electron chi connectivity index (χ3n) is 6.58. The summed E-state index contributed by atoms with van der Waals surface area (Å²) in [6.45, 7) is 5.29. The van der Waals surface area contributed by atoms with Gasteiger partial charge in [-0.15, -0.1) is 0 Å². The molecule has 10 heteroatoms. The number of nitrogens with one attached hydrogen (secondary N) is 2. The van der Waals surface area contributed by atoms with Crippen molar-refractivity contribution in [3.63, 3.8) is 0 Å². The van der Waals surface area contributed by atoms with E-state index in [1.165, 1.54) is 10.7 Å². The normalized spacial score (nSPS) is 22.8. The Bertz CT molecular complexity index is 1190. The van der Waals surface area contributed by atoms with Gasteiger partial charge in [0.1, 0.15) is 29.0 Å². The minimum Gasteiger partial charge on any atom is -0.495 e. The molecular weight excluding hydrogens is 433 g/mol. The molecule has 1 aliphatic heterocycles. The number of pyridine rings is 1. The van der Waals surface area contributed by atoms with Crippen LogP contribution < -0.4 is 15.4 Å². The Morgan fingerprint density at radius 3 is 2.70 bits per heavy atom. The van der Waals surface area contributed by atoms with Crippen molar-refractivity contribution in [3.8, 4) is 17.1 Å². The Balaban J connectivity index is 1.54. The van der Waals surface area contributed by atoms with Gasteiger partial charge in [-0.2, -0.15) is 5.10 Å². The molecule has 0 radical (unpaired) electrons. The van der Waals surface area contributed by atoms with Gasteiger partial charge < -0.3 is 15.4 Å². The van der Waals surface area contributed by atoms with Crippen molar-refractivity contribution in [2.24, 2.45) is 5.41 Å². The Labute approximate surface area is 189 Å². The maximum absolute atomic E-state index is 14.9. The summed E-state index contributed by atoms with van der Waals surface area (Å²) in [5.74, 6) is -1.07. The van der Waals surface area contributed by atoms with Crippen molar-refractivity contribution < 1.29 is 17.9 Å². The molecule has 2 fully saturated rings. The SMILES string of the molecule is COc1cc2ncc(-c3nc(NC4CNCCC4F)c(F)cc3F)n2nc1C1CC(C)(C)C1. The van der Waals surface area contributed by atoms with E-state index in [9.17, 15) is 13.2 Å². The first-order valence-electron chi connectivity index (χ1n) is 11.2. The summed E-state index contributed by atoms with van der Waals surface area (Å²) in [5.41, 5.74) is 1.65. The minimum absolute atomic E-state index is 0.108. The third-order valence-corrected chi connectivity index (χ3v) is 6.58. The van der Waals surface area contributed by atoms with Crippen molar-refractivity contribution in [2.45, 2.75) is 51.2 Å². The number of alkyl halides is 1. The number of halogens is 3. The molecule has 5 rings (SSSR count). The van der Waals surface area contributed by atoms with E-state index in [-0.39, 0.29) is 28.5 Å². The second kappa shape index (κ2) is 8.16. The molecular formula is C23H27F3N6O. The van der Waals surface area contributed by atoms with Gasteiger partial charge in [0.05, 0.1) is 19.3 Å². The maximum Gasteiger partial charge on any atom is 0.168 e. The van der Waals surface area contributed by atoms with Crippen LogP contribution in [0.3, 0.4) is 0 Å². The quantitative estimate of drug-likeness (QED) is 0.597. The van der Waals surface area contributed by atoms with Gasteiger partial charge in [0.15, 0.2) is 23.1 Å². The number of rotatable bonds is 5. The van der Waals surface area contributed by atoms with Gasteiger partial charge in [0.25, 0.3) is 0 Å². The number of aromatic nitrogens is 4. The van der Waals surface area contributed by atoms with E-state index in [2.05, 4.69) is 34.4 Å². The fourth-order valence-electron chi connectivity index (χ4n) is 4.88.